The first-order valence-electron chi connectivity index (χ1n) is 6.05. The molecular formula is C13H14N2O2S. The zero-order valence-corrected chi connectivity index (χ0v) is 10.7. The number of benzene rings is 1. The first-order chi connectivity index (χ1) is 8.74. The molecule has 1 aromatic heterocycles. The highest BCUT2D eigenvalue weighted by Crippen LogP contribution is 2.31. The van der Waals surface area contributed by atoms with Crippen LogP contribution in [0.4, 0.5) is 0 Å². The van der Waals surface area contributed by atoms with Crippen molar-refractivity contribution in [2.45, 2.75) is 18.8 Å². The summed E-state index contributed by atoms with van der Waals surface area (Å²) in [6.07, 6.45) is 2.30. The van der Waals surface area contributed by atoms with Crippen molar-refractivity contribution >= 4 is 28.8 Å². The van der Waals surface area contributed by atoms with E-state index in [-0.39, 0.29) is 0 Å². The minimum Gasteiger partial charge on any atom is -0.478 e. The molecule has 2 N–H and O–H groups in total. The van der Waals surface area contributed by atoms with Crippen LogP contribution in [-0.4, -0.2) is 32.5 Å². The summed E-state index contributed by atoms with van der Waals surface area (Å²) in [5.41, 5.74) is 1.98. The molecule has 0 radical (unpaired) electrons. The number of hydrogen-bond acceptors (Lipinski definition) is 3. The van der Waals surface area contributed by atoms with Gasteiger partial charge in [0.1, 0.15) is 5.82 Å². The average molecular weight is 262 g/mol. The summed E-state index contributed by atoms with van der Waals surface area (Å²) in [4.78, 5) is 18.8. The van der Waals surface area contributed by atoms with Crippen LogP contribution in [0.1, 0.15) is 34.9 Å². The van der Waals surface area contributed by atoms with Crippen LogP contribution in [0.15, 0.2) is 18.2 Å². The fourth-order valence-electron chi connectivity index (χ4n) is 2.33. The van der Waals surface area contributed by atoms with Crippen molar-refractivity contribution in [1.29, 1.82) is 0 Å². The van der Waals surface area contributed by atoms with Gasteiger partial charge in [-0.15, -0.1) is 0 Å². The van der Waals surface area contributed by atoms with Crippen LogP contribution in [-0.2, 0) is 0 Å². The molecule has 5 heteroatoms. The van der Waals surface area contributed by atoms with Crippen molar-refractivity contribution in [3.63, 3.8) is 0 Å². The highest BCUT2D eigenvalue weighted by Gasteiger charge is 2.19. The van der Waals surface area contributed by atoms with Gasteiger partial charge in [-0.2, -0.15) is 11.8 Å². The van der Waals surface area contributed by atoms with Crippen LogP contribution in [0.25, 0.3) is 11.0 Å². The lowest BCUT2D eigenvalue weighted by molar-refractivity contribution is 0.0697. The second-order valence-corrected chi connectivity index (χ2v) is 5.77. The van der Waals surface area contributed by atoms with E-state index >= 15 is 0 Å². The largest absolute Gasteiger partial charge is 0.478 e. The van der Waals surface area contributed by atoms with Crippen LogP contribution in [0.2, 0.25) is 0 Å². The monoisotopic (exact) mass is 262 g/mol. The van der Waals surface area contributed by atoms with E-state index in [2.05, 4.69) is 9.97 Å². The Morgan fingerprint density at radius 1 is 1.39 bits per heavy atom. The number of nitrogens with zero attached hydrogens (tertiary/aromatic N) is 1. The quantitative estimate of drug-likeness (QED) is 0.873. The van der Waals surface area contributed by atoms with Crippen molar-refractivity contribution in [1.82, 2.24) is 9.97 Å². The molecule has 0 atom stereocenters. The highest BCUT2D eigenvalue weighted by atomic mass is 32.2. The summed E-state index contributed by atoms with van der Waals surface area (Å²) in [5, 5.41) is 8.96. The summed E-state index contributed by atoms with van der Waals surface area (Å²) in [6, 6.07) is 5.04. The molecule has 0 amide bonds. The molecule has 1 fully saturated rings. The Morgan fingerprint density at radius 3 is 2.89 bits per heavy atom. The second kappa shape index (κ2) is 4.65. The molecule has 3 rings (SSSR count). The Kier molecular flexibility index (Phi) is 2.99. The standard InChI is InChI=1S/C13H14N2O2S/c16-13(17)9-1-2-10-11(7-9)15-12(14-10)8-3-5-18-6-4-8/h1-2,7-8H,3-6H2,(H,14,15)(H,16,17). The first kappa shape index (κ1) is 11.6. The second-order valence-electron chi connectivity index (χ2n) is 4.55. The van der Waals surface area contributed by atoms with E-state index < -0.39 is 5.97 Å². The normalized spacial score (nSPS) is 17.1. The van der Waals surface area contributed by atoms with Gasteiger partial charge in [0.25, 0.3) is 0 Å². The van der Waals surface area contributed by atoms with E-state index in [1.807, 2.05) is 11.8 Å². The lowest BCUT2D eigenvalue weighted by atomic mass is 10.0. The summed E-state index contributed by atoms with van der Waals surface area (Å²) < 4.78 is 0. The predicted molar refractivity (Wildman–Crippen MR) is 72.4 cm³/mol. The smallest absolute Gasteiger partial charge is 0.335 e. The van der Waals surface area contributed by atoms with Gasteiger partial charge in [-0.25, -0.2) is 9.78 Å². The Bertz CT molecular complexity index is 588. The van der Waals surface area contributed by atoms with Crippen molar-refractivity contribution < 1.29 is 9.90 Å². The number of hydrogen-bond donors (Lipinski definition) is 2. The number of aromatic carboxylic acids is 1. The Morgan fingerprint density at radius 2 is 2.17 bits per heavy atom. The molecule has 0 aliphatic carbocycles. The number of thioether (sulfide) groups is 1. The van der Waals surface area contributed by atoms with Crippen molar-refractivity contribution in [2.75, 3.05) is 11.5 Å². The summed E-state index contributed by atoms with van der Waals surface area (Å²) in [5.74, 6) is 2.96. The zero-order valence-electron chi connectivity index (χ0n) is 9.85. The van der Waals surface area contributed by atoms with E-state index in [9.17, 15) is 4.79 Å². The molecule has 0 spiro atoms. The van der Waals surface area contributed by atoms with Gasteiger partial charge in [-0.3, -0.25) is 0 Å². The van der Waals surface area contributed by atoms with Crippen LogP contribution >= 0.6 is 11.8 Å². The number of fused-ring (bicyclic) bond motifs is 1. The Hall–Kier alpha value is -1.49. The minimum atomic E-state index is -0.901. The van der Waals surface area contributed by atoms with Crippen LogP contribution in [0.5, 0.6) is 0 Å². The summed E-state index contributed by atoms with van der Waals surface area (Å²) >= 11 is 1.99. The van der Waals surface area contributed by atoms with Crippen molar-refractivity contribution in [3.8, 4) is 0 Å². The van der Waals surface area contributed by atoms with Gasteiger partial charge in [-0.05, 0) is 42.5 Å². The summed E-state index contributed by atoms with van der Waals surface area (Å²) in [6.45, 7) is 0. The molecule has 0 saturated carbocycles. The average Bonchev–Trinajstić information content (AvgIpc) is 2.82. The van der Waals surface area contributed by atoms with E-state index in [0.29, 0.717) is 11.5 Å². The number of rotatable bonds is 2. The third-order valence-corrected chi connectivity index (χ3v) is 4.40. The number of aromatic amines is 1. The SMILES string of the molecule is O=C(O)c1ccc2nc(C3CCSCC3)[nH]c2c1. The van der Waals surface area contributed by atoms with Gasteiger partial charge >= 0.3 is 5.97 Å². The minimum absolute atomic E-state index is 0.303. The topological polar surface area (TPSA) is 66.0 Å². The molecule has 2 heterocycles. The number of aromatic nitrogens is 2. The number of nitrogens with one attached hydrogen (secondary N) is 1. The van der Waals surface area contributed by atoms with Crippen molar-refractivity contribution in [2.24, 2.45) is 0 Å². The lowest BCUT2D eigenvalue weighted by Gasteiger charge is -2.18. The van der Waals surface area contributed by atoms with E-state index in [1.165, 1.54) is 11.5 Å². The van der Waals surface area contributed by atoms with Gasteiger partial charge in [0.2, 0.25) is 0 Å². The molecule has 1 saturated heterocycles. The lowest BCUT2D eigenvalue weighted by Crippen LogP contribution is -2.09. The van der Waals surface area contributed by atoms with Gasteiger partial charge in [0, 0.05) is 5.92 Å². The number of carboxylic acid groups (broad SMARTS) is 1. The number of imidazole rings is 1. The number of carboxylic acids is 1. The maximum atomic E-state index is 10.9. The zero-order chi connectivity index (χ0) is 12.5. The molecule has 1 aromatic carbocycles. The molecule has 94 valence electrons. The Labute approximate surface area is 109 Å². The molecule has 18 heavy (non-hydrogen) atoms. The van der Waals surface area contributed by atoms with Crippen molar-refractivity contribution in [3.05, 3.63) is 29.6 Å². The molecule has 4 nitrogen and oxygen atoms in total. The maximum Gasteiger partial charge on any atom is 0.335 e. The van der Waals surface area contributed by atoms with Crippen LogP contribution in [0, 0.1) is 0 Å². The molecule has 0 bridgehead atoms. The van der Waals surface area contributed by atoms with Crippen LogP contribution in [0.3, 0.4) is 0 Å². The third kappa shape index (κ3) is 2.10. The molecular weight excluding hydrogens is 248 g/mol. The van der Waals surface area contributed by atoms with Gasteiger partial charge in [-0.1, -0.05) is 0 Å². The fraction of sp³-hybridized carbons (Fsp3) is 0.385. The molecule has 2 aromatic rings. The van der Waals surface area contributed by atoms with Crippen LogP contribution < -0.4 is 0 Å². The maximum absolute atomic E-state index is 10.9. The van der Waals surface area contributed by atoms with E-state index in [0.717, 1.165) is 29.7 Å². The third-order valence-electron chi connectivity index (χ3n) is 3.36. The van der Waals surface area contributed by atoms with Gasteiger partial charge in [0.15, 0.2) is 0 Å². The highest BCUT2D eigenvalue weighted by molar-refractivity contribution is 7.99. The van der Waals surface area contributed by atoms with Gasteiger partial charge < -0.3 is 10.1 Å². The molecule has 1 aliphatic heterocycles. The Balaban J connectivity index is 1.97. The van der Waals surface area contributed by atoms with Gasteiger partial charge in [0.05, 0.1) is 16.6 Å². The van der Waals surface area contributed by atoms with E-state index in [1.54, 1.807) is 18.2 Å². The molecule has 0 unspecified atom stereocenters. The summed E-state index contributed by atoms with van der Waals surface area (Å²) in [7, 11) is 0. The molecule has 1 aliphatic rings. The number of carbonyl (C=O) groups is 1. The number of H-pyrrole nitrogens is 1. The fourth-order valence-corrected chi connectivity index (χ4v) is 3.43. The predicted octanol–water partition coefficient (Wildman–Crippen LogP) is 2.87. The van der Waals surface area contributed by atoms with E-state index in [4.69, 9.17) is 5.11 Å². The first-order valence-corrected chi connectivity index (χ1v) is 7.20.